The predicted octanol–water partition coefficient (Wildman–Crippen LogP) is 2.25. The number of aryl methyl sites for hydroxylation is 1. The van der Waals surface area contributed by atoms with E-state index in [1.807, 2.05) is 24.3 Å². The summed E-state index contributed by atoms with van der Waals surface area (Å²) < 4.78 is 7.04. The molecule has 0 unspecified atom stereocenters. The molecule has 1 aromatic heterocycles. The molecule has 2 aromatic rings. The van der Waals surface area contributed by atoms with Gasteiger partial charge in [0.1, 0.15) is 12.4 Å². The Kier molecular flexibility index (Phi) is 7.63. The minimum atomic E-state index is -0.400. The van der Waals surface area contributed by atoms with Gasteiger partial charge in [-0.1, -0.05) is 24.6 Å². The average molecular weight is 399 g/mol. The van der Waals surface area contributed by atoms with Crippen LogP contribution in [0, 0.1) is 0 Å². The van der Waals surface area contributed by atoms with Gasteiger partial charge < -0.3 is 15.4 Å². The molecule has 2 heterocycles. The second kappa shape index (κ2) is 10.6. The van der Waals surface area contributed by atoms with Crippen molar-refractivity contribution in [1.29, 1.82) is 0 Å². The molecule has 0 radical (unpaired) electrons. The third kappa shape index (κ3) is 6.32. The summed E-state index contributed by atoms with van der Waals surface area (Å²) in [5.41, 5.74) is 0.891. The summed E-state index contributed by atoms with van der Waals surface area (Å²) in [6.45, 7) is 4.37. The first-order chi connectivity index (χ1) is 14.2. The number of ether oxygens (including phenoxy) is 1. The lowest BCUT2D eigenvalue weighted by Gasteiger charge is -2.26. The van der Waals surface area contributed by atoms with E-state index >= 15 is 0 Å². The van der Waals surface area contributed by atoms with Crippen molar-refractivity contribution in [3.05, 3.63) is 52.5 Å². The van der Waals surface area contributed by atoms with Crippen molar-refractivity contribution in [3.63, 3.8) is 0 Å². The Balaban J connectivity index is 1.44. The fourth-order valence-corrected chi connectivity index (χ4v) is 3.31. The maximum atomic E-state index is 11.6. The third-order valence-corrected chi connectivity index (χ3v) is 4.85. The molecule has 0 bridgehead atoms. The standard InChI is InChI=1S/C21H30N6O2/c1-22-19-20(24-21(28)26(2)25-19)23-11-4-7-14-29-18-10-8-9-17(15-18)16-27-12-5-3-6-13-27/h4,7-10,15H,3,5-6,11-14,16H2,1-2H3,(H,22,25)(H,23,24,28)/b7-4+. The molecule has 0 amide bonds. The first-order valence-electron chi connectivity index (χ1n) is 10.1. The molecule has 1 fully saturated rings. The highest BCUT2D eigenvalue weighted by molar-refractivity contribution is 5.57. The van der Waals surface area contributed by atoms with Crippen LogP contribution < -0.4 is 21.1 Å². The van der Waals surface area contributed by atoms with Gasteiger partial charge in [-0.25, -0.2) is 9.48 Å². The maximum Gasteiger partial charge on any atom is 0.365 e. The molecular weight excluding hydrogens is 368 g/mol. The van der Waals surface area contributed by atoms with Crippen molar-refractivity contribution in [3.8, 4) is 5.75 Å². The first-order valence-corrected chi connectivity index (χ1v) is 10.1. The lowest BCUT2D eigenvalue weighted by Crippen LogP contribution is -2.29. The van der Waals surface area contributed by atoms with E-state index in [1.54, 1.807) is 14.1 Å². The molecule has 1 saturated heterocycles. The quantitative estimate of drug-likeness (QED) is 0.627. The number of hydrogen-bond acceptors (Lipinski definition) is 7. The van der Waals surface area contributed by atoms with E-state index in [-0.39, 0.29) is 0 Å². The van der Waals surface area contributed by atoms with Crippen LogP contribution in [0.15, 0.2) is 41.2 Å². The topological polar surface area (TPSA) is 84.3 Å². The van der Waals surface area contributed by atoms with Crippen LogP contribution in [0.5, 0.6) is 5.75 Å². The maximum absolute atomic E-state index is 11.6. The van der Waals surface area contributed by atoms with Crippen LogP contribution in [-0.4, -0.2) is 53.0 Å². The zero-order valence-electron chi connectivity index (χ0n) is 17.2. The van der Waals surface area contributed by atoms with E-state index in [2.05, 4.69) is 37.7 Å². The van der Waals surface area contributed by atoms with Gasteiger partial charge in [0.05, 0.1) is 0 Å². The van der Waals surface area contributed by atoms with Crippen molar-refractivity contribution in [2.45, 2.75) is 25.8 Å². The van der Waals surface area contributed by atoms with E-state index in [4.69, 9.17) is 4.74 Å². The molecule has 0 saturated carbocycles. The normalized spacial score (nSPS) is 14.8. The Morgan fingerprint density at radius 3 is 2.79 bits per heavy atom. The zero-order valence-corrected chi connectivity index (χ0v) is 17.2. The predicted molar refractivity (Wildman–Crippen MR) is 116 cm³/mol. The number of benzene rings is 1. The Bertz CT molecular complexity index is 874. The average Bonchev–Trinajstić information content (AvgIpc) is 2.74. The largest absolute Gasteiger partial charge is 0.490 e. The highest BCUT2D eigenvalue weighted by Gasteiger charge is 2.10. The highest BCUT2D eigenvalue weighted by atomic mass is 16.5. The first kappa shape index (κ1) is 20.9. The Morgan fingerprint density at radius 2 is 2.00 bits per heavy atom. The summed E-state index contributed by atoms with van der Waals surface area (Å²) in [5.74, 6) is 1.85. The molecule has 1 aliphatic rings. The SMILES string of the molecule is CNc1nn(C)c(=O)nc1NC/C=C/COc1cccc(CN2CCCCC2)c1. The molecule has 1 aromatic carbocycles. The molecule has 1 aliphatic heterocycles. The van der Waals surface area contributed by atoms with Crippen molar-refractivity contribution >= 4 is 11.6 Å². The Hall–Kier alpha value is -2.87. The van der Waals surface area contributed by atoms with Gasteiger partial charge in [-0.05, 0) is 49.7 Å². The van der Waals surface area contributed by atoms with E-state index in [0.717, 1.165) is 12.3 Å². The van der Waals surface area contributed by atoms with Crippen molar-refractivity contribution in [2.75, 3.05) is 43.9 Å². The number of piperidine rings is 1. The molecule has 0 atom stereocenters. The molecule has 8 heteroatoms. The van der Waals surface area contributed by atoms with Gasteiger partial charge in [-0.15, -0.1) is 5.10 Å². The summed E-state index contributed by atoms with van der Waals surface area (Å²) >= 11 is 0. The molecule has 156 valence electrons. The number of anilines is 2. The Labute approximate surface area is 171 Å². The molecule has 8 nitrogen and oxygen atoms in total. The number of likely N-dealkylation sites (tertiary alicyclic amines) is 1. The fraction of sp³-hybridized carbons (Fsp3) is 0.476. The van der Waals surface area contributed by atoms with E-state index in [9.17, 15) is 4.79 Å². The zero-order chi connectivity index (χ0) is 20.5. The molecule has 3 rings (SSSR count). The number of aromatic nitrogens is 3. The summed E-state index contributed by atoms with van der Waals surface area (Å²) in [6, 6.07) is 8.31. The van der Waals surface area contributed by atoms with Gasteiger partial charge in [-0.3, -0.25) is 4.90 Å². The summed E-state index contributed by atoms with van der Waals surface area (Å²) in [7, 11) is 3.31. The molecule has 29 heavy (non-hydrogen) atoms. The molecule has 0 spiro atoms. The van der Waals surface area contributed by atoms with Gasteiger partial charge in [0.2, 0.25) is 0 Å². The molecule has 2 N–H and O–H groups in total. The van der Waals surface area contributed by atoms with Gasteiger partial charge in [0.15, 0.2) is 11.6 Å². The van der Waals surface area contributed by atoms with Crippen LogP contribution in [0.2, 0.25) is 0 Å². The van der Waals surface area contributed by atoms with Crippen LogP contribution in [0.3, 0.4) is 0 Å². The third-order valence-electron chi connectivity index (χ3n) is 4.85. The Morgan fingerprint density at radius 1 is 1.17 bits per heavy atom. The van der Waals surface area contributed by atoms with Crippen LogP contribution in [0.4, 0.5) is 11.6 Å². The van der Waals surface area contributed by atoms with Gasteiger partial charge in [-0.2, -0.15) is 4.98 Å². The van der Waals surface area contributed by atoms with Crippen molar-refractivity contribution in [1.82, 2.24) is 19.7 Å². The van der Waals surface area contributed by atoms with Crippen LogP contribution in [0.25, 0.3) is 0 Å². The minimum absolute atomic E-state index is 0.400. The molecular formula is C21H30N6O2. The smallest absolute Gasteiger partial charge is 0.365 e. The minimum Gasteiger partial charge on any atom is -0.490 e. The highest BCUT2D eigenvalue weighted by Crippen LogP contribution is 2.17. The summed E-state index contributed by atoms with van der Waals surface area (Å²) in [4.78, 5) is 18.1. The number of rotatable bonds is 9. The van der Waals surface area contributed by atoms with Crippen LogP contribution in [0.1, 0.15) is 24.8 Å². The fourth-order valence-electron chi connectivity index (χ4n) is 3.31. The lowest BCUT2D eigenvalue weighted by molar-refractivity contribution is 0.220. The van der Waals surface area contributed by atoms with Gasteiger partial charge in [0, 0.05) is 27.2 Å². The lowest BCUT2D eigenvalue weighted by atomic mass is 10.1. The molecule has 0 aliphatic carbocycles. The number of nitrogens with zero attached hydrogens (tertiary/aromatic N) is 4. The van der Waals surface area contributed by atoms with Crippen LogP contribution in [-0.2, 0) is 13.6 Å². The van der Waals surface area contributed by atoms with Crippen molar-refractivity contribution < 1.29 is 4.74 Å². The second-order valence-corrected chi connectivity index (χ2v) is 7.11. The van der Waals surface area contributed by atoms with Crippen molar-refractivity contribution in [2.24, 2.45) is 7.05 Å². The summed E-state index contributed by atoms with van der Waals surface area (Å²) in [6.07, 6.45) is 7.83. The van der Waals surface area contributed by atoms with E-state index in [1.165, 1.54) is 42.6 Å². The van der Waals surface area contributed by atoms with Gasteiger partial charge in [0.25, 0.3) is 0 Å². The summed E-state index contributed by atoms with van der Waals surface area (Å²) in [5, 5.41) is 10.1. The van der Waals surface area contributed by atoms with E-state index in [0.29, 0.717) is 24.8 Å². The van der Waals surface area contributed by atoms with Crippen LogP contribution >= 0.6 is 0 Å². The van der Waals surface area contributed by atoms with E-state index < -0.39 is 5.69 Å². The monoisotopic (exact) mass is 398 g/mol. The number of nitrogens with one attached hydrogen (secondary N) is 2. The van der Waals surface area contributed by atoms with Gasteiger partial charge >= 0.3 is 5.69 Å². The number of hydrogen-bond donors (Lipinski definition) is 2. The second-order valence-electron chi connectivity index (χ2n) is 7.11.